The number of carbonyl (C=O) groups excluding carboxylic acids is 1. The summed E-state index contributed by atoms with van der Waals surface area (Å²) in [7, 11) is 0. The van der Waals surface area contributed by atoms with Gasteiger partial charge in [-0.3, -0.25) is 4.89 Å². The highest BCUT2D eigenvalue weighted by Gasteiger charge is 2.26. The van der Waals surface area contributed by atoms with Crippen LogP contribution in [-0.2, 0) is 9.78 Å². The molecule has 0 spiro atoms. The molecule has 1 saturated carbocycles. The molecule has 0 aromatic heterocycles. The van der Waals surface area contributed by atoms with Crippen LogP contribution in [0.15, 0.2) is 24.3 Å². The summed E-state index contributed by atoms with van der Waals surface area (Å²) in [6, 6.07) is 7.36. The Kier molecular flexibility index (Phi) is 4.97. The lowest BCUT2D eigenvalue weighted by atomic mass is 9.85. The van der Waals surface area contributed by atoms with Crippen molar-refractivity contribution in [3.63, 3.8) is 0 Å². The van der Waals surface area contributed by atoms with E-state index in [-0.39, 0.29) is 6.10 Å². The fraction of sp³-hybridized carbons (Fsp3) is 0.562. The van der Waals surface area contributed by atoms with Gasteiger partial charge >= 0.3 is 5.97 Å². The molecule has 0 bridgehead atoms. The topological polar surface area (TPSA) is 35.5 Å². The summed E-state index contributed by atoms with van der Waals surface area (Å²) in [4.78, 5) is 22.3. The van der Waals surface area contributed by atoms with Gasteiger partial charge in [-0.05, 0) is 37.8 Å². The van der Waals surface area contributed by atoms with Gasteiger partial charge in [-0.2, -0.15) is 4.89 Å². The van der Waals surface area contributed by atoms with E-state index in [0.717, 1.165) is 24.8 Å². The van der Waals surface area contributed by atoms with Crippen LogP contribution >= 0.6 is 0 Å². The summed E-state index contributed by atoms with van der Waals surface area (Å²) in [6.07, 6.45) is 5.70. The molecular weight excluding hydrogens is 240 g/mol. The minimum atomic E-state index is -0.399. The van der Waals surface area contributed by atoms with E-state index in [1.165, 1.54) is 12.8 Å². The number of hydrogen-bond acceptors (Lipinski definition) is 3. The predicted molar refractivity (Wildman–Crippen MR) is 73.7 cm³/mol. The average molecular weight is 262 g/mol. The zero-order valence-electron chi connectivity index (χ0n) is 11.7. The fourth-order valence-electron chi connectivity index (χ4n) is 2.69. The van der Waals surface area contributed by atoms with Gasteiger partial charge in [-0.15, -0.1) is 0 Å². The van der Waals surface area contributed by atoms with E-state index < -0.39 is 5.97 Å². The second-order valence-electron chi connectivity index (χ2n) is 5.33. The van der Waals surface area contributed by atoms with Gasteiger partial charge in [0.05, 0.1) is 5.56 Å². The lowest BCUT2D eigenvalue weighted by molar-refractivity contribution is -0.290. The van der Waals surface area contributed by atoms with E-state index in [4.69, 9.17) is 9.78 Å². The van der Waals surface area contributed by atoms with Crippen LogP contribution in [0.4, 0.5) is 0 Å². The second kappa shape index (κ2) is 6.71. The summed E-state index contributed by atoms with van der Waals surface area (Å²) >= 11 is 0. The lowest BCUT2D eigenvalue weighted by Gasteiger charge is -2.28. The van der Waals surface area contributed by atoms with Gasteiger partial charge in [0.25, 0.3) is 0 Å². The number of benzene rings is 1. The lowest BCUT2D eigenvalue weighted by Crippen LogP contribution is -2.28. The third-order valence-electron chi connectivity index (χ3n) is 3.86. The first-order valence-corrected chi connectivity index (χ1v) is 7.15. The third-order valence-corrected chi connectivity index (χ3v) is 3.86. The molecule has 2 atom stereocenters. The number of carbonyl (C=O) groups is 1. The first-order chi connectivity index (χ1) is 9.20. The summed E-state index contributed by atoms with van der Waals surface area (Å²) in [6.45, 7) is 4.11. The molecule has 0 radical (unpaired) electrons. The van der Waals surface area contributed by atoms with Crippen molar-refractivity contribution in [3.05, 3.63) is 35.4 Å². The molecule has 1 fully saturated rings. The van der Waals surface area contributed by atoms with Crippen molar-refractivity contribution in [1.29, 1.82) is 0 Å². The Balaban J connectivity index is 1.89. The van der Waals surface area contributed by atoms with Crippen molar-refractivity contribution < 1.29 is 14.6 Å². The van der Waals surface area contributed by atoms with Crippen LogP contribution in [0.3, 0.4) is 0 Å². The molecule has 0 amide bonds. The van der Waals surface area contributed by atoms with Gasteiger partial charge in [0.2, 0.25) is 0 Å². The molecule has 3 heteroatoms. The van der Waals surface area contributed by atoms with Crippen LogP contribution in [0.1, 0.15) is 54.9 Å². The molecule has 19 heavy (non-hydrogen) atoms. The van der Waals surface area contributed by atoms with Crippen LogP contribution in [0.25, 0.3) is 0 Å². The SMILES string of the molecule is CCC1CCCCC1OOC(=O)c1cccc(C)c1. The summed E-state index contributed by atoms with van der Waals surface area (Å²) in [5.74, 6) is 0.114. The zero-order valence-corrected chi connectivity index (χ0v) is 11.7. The Labute approximate surface area is 114 Å². The van der Waals surface area contributed by atoms with Crippen LogP contribution in [0, 0.1) is 12.8 Å². The Morgan fingerprint density at radius 2 is 2.11 bits per heavy atom. The monoisotopic (exact) mass is 262 g/mol. The Hall–Kier alpha value is -1.35. The van der Waals surface area contributed by atoms with Crippen LogP contribution in [-0.4, -0.2) is 12.1 Å². The molecule has 2 unspecified atom stereocenters. The molecule has 0 aliphatic heterocycles. The molecule has 2 rings (SSSR count). The fourth-order valence-corrected chi connectivity index (χ4v) is 2.69. The van der Waals surface area contributed by atoms with Crippen molar-refractivity contribution in [2.75, 3.05) is 0 Å². The molecule has 1 aliphatic carbocycles. The maximum Gasteiger partial charge on any atom is 0.373 e. The molecule has 104 valence electrons. The third kappa shape index (κ3) is 3.80. The first-order valence-electron chi connectivity index (χ1n) is 7.15. The molecule has 0 N–H and O–H groups in total. The molecular formula is C16H22O3. The Bertz CT molecular complexity index is 428. The van der Waals surface area contributed by atoms with Gasteiger partial charge < -0.3 is 0 Å². The molecule has 1 aliphatic rings. The summed E-state index contributed by atoms with van der Waals surface area (Å²) in [5, 5.41) is 0. The minimum Gasteiger partial charge on any atom is -0.293 e. The zero-order chi connectivity index (χ0) is 13.7. The second-order valence-corrected chi connectivity index (χ2v) is 5.33. The van der Waals surface area contributed by atoms with Crippen LogP contribution in [0.2, 0.25) is 0 Å². The highest BCUT2D eigenvalue weighted by Crippen LogP contribution is 2.29. The first kappa shape index (κ1) is 14.1. The highest BCUT2D eigenvalue weighted by atomic mass is 17.2. The quantitative estimate of drug-likeness (QED) is 0.606. The Morgan fingerprint density at radius 1 is 1.32 bits per heavy atom. The van der Waals surface area contributed by atoms with Gasteiger partial charge in [0.1, 0.15) is 6.10 Å². The van der Waals surface area contributed by atoms with E-state index in [9.17, 15) is 4.79 Å². The van der Waals surface area contributed by atoms with Crippen LogP contribution < -0.4 is 0 Å². The molecule has 1 aromatic rings. The highest BCUT2D eigenvalue weighted by molar-refractivity contribution is 5.89. The maximum atomic E-state index is 11.9. The van der Waals surface area contributed by atoms with Crippen molar-refractivity contribution in [2.24, 2.45) is 5.92 Å². The smallest absolute Gasteiger partial charge is 0.293 e. The van der Waals surface area contributed by atoms with Gasteiger partial charge in [0, 0.05) is 0 Å². The maximum absolute atomic E-state index is 11.9. The van der Waals surface area contributed by atoms with Crippen LogP contribution in [0.5, 0.6) is 0 Å². The van der Waals surface area contributed by atoms with Gasteiger partial charge in [-0.1, -0.05) is 43.9 Å². The number of aryl methyl sites for hydroxylation is 1. The predicted octanol–water partition coefficient (Wildman–Crippen LogP) is 4.05. The standard InChI is InChI=1S/C16H22O3/c1-3-13-8-4-5-10-15(13)18-19-16(17)14-9-6-7-12(2)11-14/h6-7,9,11,13,15H,3-5,8,10H2,1-2H3. The summed E-state index contributed by atoms with van der Waals surface area (Å²) in [5.41, 5.74) is 1.59. The van der Waals surface area contributed by atoms with E-state index in [1.54, 1.807) is 6.07 Å². The average Bonchev–Trinajstić information content (AvgIpc) is 2.45. The van der Waals surface area contributed by atoms with Crippen molar-refractivity contribution in [1.82, 2.24) is 0 Å². The van der Waals surface area contributed by atoms with Crippen molar-refractivity contribution >= 4 is 5.97 Å². The number of hydrogen-bond donors (Lipinski definition) is 0. The molecule has 0 saturated heterocycles. The Morgan fingerprint density at radius 3 is 2.84 bits per heavy atom. The number of rotatable bonds is 4. The van der Waals surface area contributed by atoms with E-state index in [2.05, 4.69) is 6.92 Å². The largest absolute Gasteiger partial charge is 0.373 e. The minimum absolute atomic E-state index is 0.0625. The van der Waals surface area contributed by atoms with E-state index in [0.29, 0.717) is 11.5 Å². The molecule has 0 heterocycles. The molecule has 1 aromatic carbocycles. The van der Waals surface area contributed by atoms with Crippen molar-refractivity contribution in [2.45, 2.75) is 52.1 Å². The molecule has 3 nitrogen and oxygen atoms in total. The van der Waals surface area contributed by atoms with E-state index in [1.807, 2.05) is 25.1 Å². The summed E-state index contributed by atoms with van der Waals surface area (Å²) < 4.78 is 0. The van der Waals surface area contributed by atoms with Gasteiger partial charge in [-0.25, -0.2) is 4.79 Å². The van der Waals surface area contributed by atoms with E-state index >= 15 is 0 Å². The van der Waals surface area contributed by atoms with Gasteiger partial charge in [0.15, 0.2) is 0 Å². The van der Waals surface area contributed by atoms with Crippen molar-refractivity contribution in [3.8, 4) is 0 Å². The normalized spacial score (nSPS) is 23.1.